The summed E-state index contributed by atoms with van der Waals surface area (Å²) in [5.74, 6) is 1.84. The summed E-state index contributed by atoms with van der Waals surface area (Å²) in [5.41, 5.74) is 1.12. The van der Waals surface area contributed by atoms with Gasteiger partial charge in [-0.1, -0.05) is 24.3 Å². The fourth-order valence-electron chi connectivity index (χ4n) is 2.91. The van der Waals surface area contributed by atoms with Crippen LogP contribution in [0.3, 0.4) is 0 Å². The van der Waals surface area contributed by atoms with Gasteiger partial charge in [0.2, 0.25) is 0 Å². The largest absolute Gasteiger partial charge is 0.496 e. The van der Waals surface area contributed by atoms with Gasteiger partial charge in [0.25, 0.3) is 5.69 Å². The van der Waals surface area contributed by atoms with E-state index in [0.717, 1.165) is 5.39 Å². The maximum Gasteiger partial charge on any atom is 0.271 e. The van der Waals surface area contributed by atoms with Gasteiger partial charge in [-0.2, -0.15) is 0 Å². The molecule has 4 rings (SSSR count). The third-order valence-electron chi connectivity index (χ3n) is 4.09. The van der Waals surface area contributed by atoms with Crippen LogP contribution in [0.4, 0.5) is 5.69 Å². The number of para-hydroxylation sites is 1. The lowest BCUT2D eigenvalue weighted by molar-refractivity contribution is -0.384. The Labute approximate surface area is 148 Å². The Morgan fingerprint density at radius 3 is 2.50 bits per heavy atom. The van der Waals surface area contributed by atoms with Crippen LogP contribution in [0.25, 0.3) is 21.8 Å². The predicted octanol–water partition coefficient (Wildman–Crippen LogP) is 5.10. The summed E-state index contributed by atoms with van der Waals surface area (Å²) in [4.78, 5) is 15.2. The van der Waals surface area contributed by atoms with Gasteiger partial charge in [0.05, 0.1) is 28.5 Å². The standard InChI is InChI=1S/C20H14N2O4/c1-25-18-9-5-8-16-19(18)20(26-14-6-3-2-4-7-14)15-11-10-13(22(23)24)12-17(15)21-16/h2-12H,1H3. The summed E-state index contributed by atoms with van der Waals surface area (Å²) >= 11 is 0. The molecule has 3 aromatic carbocycles. The molecule has 1 heterocycles. The van der Waals surface area contributed by atoms with E-state index < -0.39 is 4.92 Å². The topological polar surface area (TPSA) is 74.5 Å². The van der Waals surface area contributed by atoms with Crippen molar-refractivity contribution >= 4 is 27.5 Å². The highest BCUT2D eigenvalue weighted by Gasteiger charge is 2.17. The van der Waals surface area contributed by atoms with Gasteiger partial charge in [-0.05, 0) is 30.3 Å². The quantitative estimate of drug-likeness (QED) is 0.292. The number of benzene rings is 3. The van der Waals surface area contributed by atoms with Crippen LogP contribution in [0, 0.1) is 10.1 Å². The first-order valence-corrected chi connectivity index (χ1v) is 7.95. The number of fused-ring (bicyclic) bond motifs is 2. The molecule has 0 amide bonds. The first-order chi connectivity index (χ1) is 12.7. The van der Waals surface area contributed by atoms with Crippen molar-refractivity contribution in [2.45, 2.75) is 0 Å². The van der Waals surface area contributed by atoms with Gasteiger partial charge in [-0.3, -0.25) is 10.1 Å². The number of methoxy groups -OCH3 is 1. The minimum Gasteiger partial charge on any atom is -0.496 e. The van der Waals surface area contributed by atoms with Crippen molar-refractivity contribution in [1.29, 1.82) is 0 Å². The fraction of sp³-hybridized carbons (Fsp3) is 0.0500. The van der Waals surface area contributed by atoms with Crippen LogP contribution in [0.1, 0.15) is 0 Å². The van der Waals surface area contributed by atoms with Gasteiger partial charge in [0, 0.05) is 17.5 Å². The van der Waals surface area contributed by atoms with Gasteiger partial charge < -0.3 is 9.47 Å². The van der Waals surface area contributed by atoms with Crippen LogP contribution in [-0.2, 0) is 0 Å². The SMILES string of the molecule is COc1cccc2nc3cc([N+](=O)[O-])ccc3c(Oc3ccccc3)c12. The van der Waals surface area contributed by atoms with Crippen LogP contribution in [-0.4, -0.2) is 17.0 Å². The smallest absolute Gasteiger partial charge is 0.271 e. The van der Waals surface area contributed by atoms with Gasteiger partial charge >= 0.3 is 0 Å². The Kier molecular flexibility index (Phi) is 3.85. The van der Waals surface area contributed by atoms with Crippen molar-refractivity contribution < 1.29 is 14.4 Å². The number of pyridine rings is 1. The van der Waals surface area contributed by atoms with Crippen LogP contribution in [0.15, 0.2) is 66.7 Å². The minimum absolute atomic E-state index is 0.0158. The number of hydrogen-bond acceptors (Lipinski definition) is 5. The lowest BCUT2D eigenvalue weighted by Gasteiger charge is -2.14. The van der Waals surface area contributed by atoms with E-state index in [-0.39, 0.29) is 5.69 Å². The molecule has 1 aromatic heterocycles. The molecule has 26 heavy (non-hydrogen) atoms. The molecule has 0 saturated heterocycles. The Morgan fingerprint density at radius 1 is 0.962 bits per heavy atom. The van der Waals surface area contributed by atoms with Crippen molar-refractivity contribution in [1.82, 2.24) is 4.98 Å². The molecule has 0 bridgehead atoms. The van der Waals surface area contributed by atoms with E-state index in [9.17, 15) is 10.1 Å². The Bertz CT molecular complexity index is 1130. The van der Waals surface area contributed by atoms with Crippen LogP contribution in [0.5, 0.6) is 17.2 Å². The number of nitro benzene ring substituents is 1. The molecule has 6 nitrogen and oxygen atoms in total. The fourth-order valence-corrected chi connectivity index (χ4v) is 2.91. The number of aromatic nitrogens is 1. The average Bonchev–Trinajstić information content (AvgIpc) is 2.67. The zero-order valence-corrected chi connectivity index (χ0v) is 13.9. The molecule has 0 aliphatic rings. The van der Waals surface area contributed by atoms with E-state index in [1.807, 2.05) is 48.5 Å². The molecule has 0 N–H and O–H groups in total. The molecule has 0 radical (unpaired) electrons. The molecule has 0 aliphatic heterocycles. The molecule has 0 saturated carbocycles. The van der Waals surface area contributed by atoms with E-state index in [0.29, 0.717) is 33.7 Å². The summed E-state index contributed by atoms with van der Waals surface area (Å²) < 4.78 is 11.6. The number of nitro groups is 1. The summed E-state index contributed by atoms with van der Waals surface area (Å²) in [6.07, 6.45) is 0. The lowest BCUT2D eigenvalue weighted by Crippen LogP contribution is -1.95. The van der Waals surface area contributed by atoms with Crippen molar-refractivity contribution in [2.24, 2.45) is 0 Å². The van der Waals surface area contributed by atoms with Gasteiger partial charge in [-0.25, -0.2) is 4.98 Å². The maximum absolute atomic E-state index is 11.1. The van der Waals surface area contributed by atoms with E-state index >= 15 is 0 Å². The molecule has 6 heteroatoms. The summed E-state index contributed by atoms with van der Waals surface area (Å²) in [7, 11) is 1.58. The zero-order valence-electron chi connectivity index (χ0n) is 13.9. The zero-order chi connectivity index (χ0) is 18.1. The van der Waals surface area contributed by atoms with Crippen LogP contribution in [0.2, 0.25) is 0 Å². The first-order valence-electron chi connectivity index (χ1n) is 7.95. The molecular formula is C20H14N2O4. The maximum atomic E-state index is 11.1. The molecule has 0 spiro atoms. The van der Waals surface area contributed by atoms with Crippen LogP contribution < -0.4 is 9.47 Å². The number of ether oxygens (including phenoxy) is 2. The van der Waals surface area contributed by atoms with E-state index in [4.69, 9.17) is 9.47 Å². The highest BCUT2D eigenvalue weighted by atomic mass is 16.6. The normalized spacial score (nSPS) is 10.8. The van der Waals surface area contributed by atoms with Crippen molar-refractivity contribution in [3.8, 4) is 17.2 Å². The summed E-state index contributed by atoms with van der Waals surface area (Å²) in [6.45, 7) is 0. The van der Waals surface area contributed by atoms with Gasteiger partial charge in [-0.15, -0.1) is 0 Å². The molecule has 0 atom stereocenters. The monoisotopic (exact) mass is 346 g/mol. The van der Waals surface area contributed by atoms with Gasteiger partial charge in [0.15, 0.2) is 0 Å². The van der Waals surface area contributed by atoms with E-state index in [1.54, 1.807) is 13.2 Å². The van der Waals surface area contributed by atoms with Crippen molar-refractivity contribution in [2.75, 3.05) is 7.11 Å². The third-order valence-corrected chi connectivity index (χ3v) is 4.09. The van der Waals surface area contributed by atoms with Crippen molar-refractivity contribution in [3.63, 3.8) is 0 Å². The average molecular weight is 346 g/mol. The second kappa shape index (κ2) is 6.33. The second-order valence-corrected chi connectivity index (χ2v) is 5.67. The lowest BCUT2D eigenvalue weighted by atomic mass is 10.1. The minimum atomic E-state index is -0.436. The molecule has 4 aromatic rings. The second-order valence-electron chi connectivity index (χ2n) is 5.67. The summed E-state index contributed by atoms with van der Waals surface area (Å²) in [6, 6.07) is 19.4. The number of non-ortho nitro benzene ring substituents is 1. The number of nitrogens with zero attached hydrogens (tertiary/aromatic N) is 2. The molecule has 0 unspecified atom stereocenters. The number of rotatable bonds is 4. The van der Waals surface area contributed by atoms with Crippen molar-refractivity contribution in [3.05, 3.63) is 76.8 Å². The van der Waals surface area contributed by atoms with Crippen LogP contribution >= 0.6 is 0 Å². The predicted molar refractivity (Wildman–Crippen MR) is 99.0 cm³/mol. The highest BCUT2D eigenvalue weighted by Crippen LogP contribution is 2.41. The highest BCUT2D eigenvalue weighted by molar-refractivity contribution is 6.04. The van der Waals surface area contributed by atoms with Gasteiger partial charge in [0.1, 0.15) is 17.2 Å². The first kappa shape index (κ1) is 15.8. The third kappa shape index (κ3) is 2.67. The van der Waals surface area contributed by atoms with E-state index in [1.165, 1.54) is 12.1 Å². The molecule has 0 aliphatic carbocycles. The molecule has 0 fully saturated rings. The number of hydrogen-bond donors (Lipinski definition) is 0. The molecule has 128 valence electrons. The Balaban J connectivity index is 2.06. The molecular weight excluding hydrogens is 332 g/mol. The van der Waals surface area contributed by atoms with E-state index in [2.05, 4.69) is 4.98 Å². The Hall–Kier alpha value is -3.67. The Morgan fingerprint density at radius 2 is 1.77 bits per heavy atom. The summed E-state index contributed by atoms with van der Waals surface area (Å²) in [5, 5.41) is 12.5.